The summed E-state index contributed by atoms with van der Waals surface area (Å²) in [5.41, 5.74) is 0.753. The standard InChI is InChI=1S/C20H16OSe/c21-20(17-10-4-1-5-11-17)16-22(18-12-6-2-7-13-18)19-14-8-3-9-15-19/h1-16H/b20-16-. The van der Waals surface area contributed by atoms with Gasteiger partial charge in [0.1, 0.15) is 0 Å². The molecule has 0 amide bonds. The molecular formula is C20H16OSe. The van der Waals surface area contributed by atoms with E-state index in [9.17, 15) is 5.11 Å². The zero-order valence-electron chi connectivity index (χ0n) is 12.1. The summed E-state index contributed by atoms with van der Waals surface area (Å²) in [6.07, 6.45) is 0. The molecule has 0 saturated heterocycles. The van der Waals surface area contributed by atoms with Gasteiger partial charge in [-0.05, 0) is 0 Å². The van der Waals surface area contributed by atoms with Crippen molar-refractivity contribution in [1.29, 1.82) is 0 Å². The van der Waals surface area contributed by atoms with Crippen LogP contribution >= 0.6 is 0 Å². The van der Waals surface area contributed by atoms with Gasteiger partial charge in [0.05, 0.1) is 0 Å². The van der Waals surface area contributed by atoms with Crippen LogP contribution in [0.4, 0.5) is 0 Å². The van der Waals surface area contributed by atoms with E-state index in [0.29, 0.717) is 0 Å². The van der Waals surface area contributed by atoms with Gasteiger partial charge in [-0.15, -0.1) is 0 Å². The first-order valence-electron chi connectivity index (χ1n) is 7.12. The average Bonchev–Trinajstić information content (AvgIpc) is 2.62. The van der Waals surface area contributed by atoms with Crippen LogP contribution in [-0.2, 0) is 0 Å². The molecule has 0 spiro atoms. The summed E-state index contributed by atoms with van der Waals surface area (Å²) in [5, 5.41) is 12.6. The third-order valence-corrected chi connectivity index (χ3v) is 7.49. The van der Waals surface area contributed by atoms with Crippen LogP contribution in [0.3, 0.4) is 0 Å². The van der Waals surface area contributed by atoms with Gasteiger partial charge in [0.15, 0.2) is 0 Å². The summed E-state index contributed by atoms with van der Waals surface area (Å²) in [4.78, 5) is 1.93. The Morgan fingerprint density at radius 1 is 0.636 bits per heavy atom. The van der Waals surface area contributed by atoms with E-state index < -0.39 is 13.9 Å². The van der Waals surface area contributed by atoms with Gasteiger partial charge in [0.25, 0.3) is 0 Å². The fourth-order valence-corrected chi connectivity index (χ4v) is 5.95. The Kier molecular flexibility index (Phi) is 4.74. The topological polar surface area (TPSA) is 23.1 Å². The van der Waals surface area contributed by atoms with Crippen molar-refractivity contribution in [2.45, 2.75) is 0 Å². The van der Waals surface area contributed by atoms with Gasteiger partial charge in [0.2, 0.25) is 0 Å². The first-order valence-corrected chi connectivity index (χ1v) is 9.82. The number of benzene rings is 3. The summed E-state index contributed by atoms with van der Waals surface area (Å²) in [6.45, 7) is 0. The summed E-state index contributed by atoms with van der Waals surface area (Å²) < 4.78 is 2.50. The molecule has 2 heteroatoms. The van der Waals surface area contributed by atoms with Gasteiger partial charge in [0, 0.05) is 0 Å². The molecule has 0 unspecified atom stereocenters. The molecule has 0 N–H and O–H groups in total. The van der Waals surface area contributed by atoms with Gasteiger partial charge >= 0.3 is 135 Å². The molecule has 0 atom stereocenters. The molecule has 0 saturated carbocycles. The molecule has 22 heavy (non-hydrogen) atoms. The van der Waals surface area contributed by atoms with Gasteiger partial charge in [-0.2, -0.15) is 0 Å². The molecule has 3 rings (SSSR count). The van der Waals surface area contributed by atoms with Crippen LogP contribution in [0.2, 0.25) is 0 Å². The van der Waals surface area contributed by atoms with E-state index in [1.54, 1.807) is 0 Å². The van der Waals surface area contributed by atoms with Gasteiger partial charge in [-0.3, -0.25) is 0 Å². The van der Waals surface area contributed by atoms with Crippen LogP contribution in [0.25, 0.3) is 5.76 Å². The SMILES string of the molecule is [O-]/C(=C\[Se+](c1ccccc1)c1ccccc1)c1ccccc1. The third kappa shape index (κ3) is 3.48. The Bertz CT molecular complexity index is 697. The first kappa shape index (κ1) is 14.6. The Labute approximate surface area is 135 Å². The molecule has 0 aliphatic carbocycles. The molecule has 0 radical (unpaired) electrons. The van der Waals surface area contributed by atoms with Crippen LogP contribution in [0, 0.1) is 0 Å². The summed E-state index contributed by atoms with van der Waals surface area (Å²) in [7, 11) is 0. The molecule has 3 aromatic carbocycles. The second-order valence-corrected chi connectivity index (χ2v) is 8.70. The second-order valence-electron chi connectivity index (χ2n) is 4.81. The fraction of sp³-hybridized carbons (Fsp3) is 0. The molecule has 0 bridgehead atoms. The molecule has 0 fully saturated rings. The van der Waals surface area contributed by atoms with E-state index in [0.717, 1.165) is 5.56 Å². The molecule has 0 aliphatic rings. The van der Waals surface area contributed by atoms with Crippen molar-refractivity contribution in [2.75, 3.05) is 0 Å². The number of hydrogen-bond acceptors (Lipinski definition) is 1. The van der Waals surface area contributed by atoms with Crippen LogP contribution in [0.5, 0.6) is 0 Å². The Balaban J connectivity index is 2.03. The maximum absolute atomic E-state index is 12.6. The van der Waals surface area contributed by atoms with Crippen LogP contribution in [0.15, 0.2) is 96.0 Å². The van der Waals surface area contributed by atoms with E-state index >= 15 is 0 Å². The van der Waals surface area contributed by atoms with Crippen LogP contribution in [-0.4, -0.2) is 13.9 Å². The van der Waals surface area contributed by atoms with Crippen LogP contribution in [0.1, 0.15) is 5.56 Å². The summed E-state index contributed by atoms with van der Waals surface area (Å²) in [5.74, 6) is 0.110. The normalized spacial score (nSPS) is 11.6. The minimum atomic E-state index is -1.49. The predicted molar refractivity (Wildman–Crippen MR) is 92.3 cm³/mol. The quantitative estimate of drug-likeness (QED) is 0.522. The second kappa shape index (κ2) is 7.13. The molecule has 1 nitrogen and oxygen atoms in total. The van der Waals surface area contributed by atoms with E-state index in [1.807, 2.05) is 71.7 Å². The molecular weight excluding hydrogens is 335 g/mol. The van der Waals surface area contributed by atoms with Crippen molar-refractivity contribution in [3.05, 3.63) is 102 Å². The van der Waals surface area contributed by atoms with Crippen molar-refractivity contribution in [2.24, 2.45) is 0 Å². The van der Waals surface area contributed by atoms with E-state index in [4.69, 9.17) is 0 Å². The van der Waals surface area contributed by atoms with E-state index in [-0.39, 0.29) is 5.76 Å². The Morgan fingerprint density at radius 3 is 1.50 bits per heavy atom. The zero-order chi connectivity index (χ0) is 15.2. The molecule has 108 valence electrons. The van der Waals surface area contributed by atoms with E-state index in [2.05, 4.69) is 24.3 Å². The van der Waals surface area contributed by atoms with Gasteiger partial charge in [-0.1, -0.05) is 0 Å². The van der Waals surface area contributed by atoms with Crippen molar-refractivity contribution < 1.29 is 5.11 Å². The molecule has 0 aliphatic heterocycles. The summed E-state index contributed by atoms with van der Waals surface area (Å²) >= 11 is -1.49. The maximum atomic E-state index is 12.6. The minimum absolute atomic E-state index is 0.110. The third-order valence-electron chi connectivity index (χ3n) is 3.28. The van der Waals surface area contributed by atoms with Crippen molar-refractivity contribution >= 4 is 28.6 Å². The number of hydrogen-bond donors (Lipinski definition) is 0. The zero-order valence-corrected chi connectivity index (χ0v) is 13.8. The Hall–Kier alpha value is -2.28. The summed E-state index contributed by atoms with van der Waals surface area (Å²) in [6, 6.07) is 30.1. The van der Waals surface area contributed by atoms with Crippen LogP contribution < -0.4 is 14.0 Å². The Morgan fingerprint density at radius 2 is 1.05 bits per heavy atom. The first-order chi connectivity index (χ1) is 10.8. The van der Waals surface area contributed by atoms with Crippen molar-refractivity contribution in [3.8, 4) is 0 Å². The molecule has 0 aromatic heterocycles. The van der Waals surface area contributed by atoms with Gasteiger partial charge < -0.3 is 0 Å². The van der Waals surface area contributed by atoms with Crippen molar-refractivity contribution in [1.82, 2.24) is 0 Å². The van der Waals surface area contributed by atoms with Crippen molar-refractivity contribution in [3.63, 3.8) is 0 Å². The molecule has 3 aromatic rings. The number of rotatable bonds is 4. The van der Waals surface area contributed by atoms with E-state index in [1.165, 1.54) is 8.92 Å². The molecule has 0 heterocycles. The monoisotopic (exact) mass is 352 g/mol. The average molecular weight is 351 g/mol. The fourth-order valence-electron chi connectivity index (χ4n) is 2.18. The predicted octanol–water partition coefficient (Wildman–Crippen LogP) is 2.24. The van der Waals surface area contributed by atoms with Gasteiger partial charge in [-0.25, -0.2) is 0 Å².